The molecule has 1 aliphatic rings. The topological polar surface area (TPSA) is 67.9 Å². The summed E-state index contributed by atoms with van der Waals surface area (Å²) in [6.45, 7) is 1.06. The van der Waals surface area contributed by atoms with Crippen LogP contribution in [0.3, 0.4) is 0 Å². The molecule has 0 unspecified atom stereocenters. The average molecular weight is 351 g/mol. The van der Waals surface area contributed by atoms with Gasteiger partial charge in [-0.05, 0) is 32.0 Å². The first kappa shape index (κ1) is 19.0. The van der Waals surface area contributed by atoms with E-state index in [2.05, 4.69) is 5.32 Å². The van der Waals surface area contributed by atoms with Crippen molar-refractivity contribution in [3.05, 3.63) is 18.2 Å². The van der Waals surface area contributed by atoms with E-state index in [1.165, 1.54) is 24.6 Å². The molecule has 1 saturated heterocycles. The molecular weight excluding hydrogens is 328 g/mol. The van der Waals surface area contributed by atoms with Gasteiger partial charge in [0.1, 0.15) is 0 Å². The largest absolute Gasteiger partial charge is 0.493 e. The van der Waals surface area contributed by atoms with Gasteiger partial charge in [-0.3, -0.25) is 0 Å². The highest BCUT2D eigenvalue weighted by molar-refractivity contribution is 7.89. The summed E-state index contributed by atoms with van der Waals surface area (Å²) >= 11 is 0. The Morgan fingerprint density at radius 1 is 1.14 bits per heavy atom. The van der Waals surface area contributed by atoms with Crippen LogP contribution in [0.1, 0.15) is 12.8 Å². The molecule has 22 heavy (non-hydrogen) atoms. The second-order valence-corrected chi connectivity index (χ2v) is 6.92. The zero-order valence-electron chi connectivity index (χ0n) is 13.0. The van der Waals surface area contributed by atoms with Gasteiger partial charge in [0.15, 0.2) is 11.5 Å². The highest BCUT2D eigenvalue weighted by Crippen LogP contribution is 2.31. The summed E-state index contributed by atoms with van der Waals surface area (Å²) in [6.07, 6.45) is 1.64. The molecule has 0 bridgehead atoms. The highest BCUT2D eigenvalue weighted by Gasteiger charge is 2.29. The lowest BCUT2D eigenvalue weighted by Crippen LogP contribution is -2.43. The minimum Gasteiger partial charge on any atom is -0.493 e. The van der Waals surface area contributed by atoms with Gasteiger partial charge in [0.2, 0.25) is 10.0 Å². The van der Waals surface area contributed by atoms with Crippen LogP contribution in [0.4, 0.5) is 0 Å². The van der Waals surface area contributed by atoms with E-state index in [1.807, 2.05) is 7.05 Å². The molecule has 1 aromatic carbocycles. The zero-order chi connectivity index (χ0) is 15.5. The van der Waals surface area contributed by atoms with Gasteiger partial charge >= 0.3 is 0 Å². The van der Waals surface area contributed by atoms with Crippen molar-refractivity contribution in [1.82, 2.24) is 9.62 Å². The number of hydrogen-bond donors (Lipinski definition) is 1. The van der Waals surface area contributed by atoms with Gasteiger partial charge in [-0.1, -0.05) is 0 Å². The van der Waals surface area contributed by atoms with Gasteiger partial charge in [0, 0.05) is 25.2 Å². The maximum absolute atomic E-state index is 12.7. The third-order valence-electron chi connectivity index (χ3n) is 3.85. The van der Waals surface area contributed by atoms with Crippen LogP contribution >= 0.6 is 12.4 Å². The first-order chi connectivity index (χ1) is 10.0. The first-order valence-electron chi connectivity index (χ1n) is 6.92. The Hall–Kier alpha value is -1.02. The number of piperidine rings is 1. The van der Waals surface area contributed by atoms with E-state index in [0.717, 1.165) is 12.8 Å². The molecule has 1 aliphatic heterocycles. The van der Waals surface area contributed by atoms with Gasteiger partial charge < -0.3 is 14.8 Å². The second-order valence-electron chi connectivity index (χ2n) is 4.98. The van der Waals surface area contributed by atoms with Crippen LogP contribution in [-0.2, 0) is 10.0 Å². The molecule has 0 spiro atoms. The molecule has 0 aliphatic carbocycles. The number of hydrogen-bond acceptors (Lipinski definition) is 5. The van der Waals surface area contributed by atoms with E-state index in [1.54, 1.807) is 12.1 Å². The lowest BCUT2D eigenvalue weighted by molar-refractivity contribution is 0.298. The molecule has 0 saturated carbocycles. The van der Waals surface area contributed by atoms with Crippen LogP contribution in [0, 0.1) is 0 Å². The Kier molecular flexibility index (Phi) is 6.93. The molecule has 1 N–H and O–H groups in total. The number of nitrogens with one attached hydrogen (secondary N) is 1. The fraction of sp³-hybridized carbons (Fsp3) is 0.571. The lowest BCUT2D eigenvalue weighted by Gasteiger charge is -2.31. The maximum Gasteiger partial charge on any atom is 0.243 e. The van der Waals surface area contributed by atoms with E-state index in [9.17, 15) is 8.42 Å². The van der Waals surface area contributed by atoms with E-state index < -0.39 is 10.0 Å². The normalized spacial score (nSPS) is 16.9. The number of benzene rings is 1. The Bertz CT molecular complexity index is 587. The second kappa shape index (κ2) is 8.01. The van der Waals surface area contributed by atoms with Crippen molar-refractivity contribution < 1.29 is 17.9 Å². The number of halogens is 1. The van der Waals surface area contributed by atoms with Gasteiger partial charge in [0.05, 0.1) is 19.1 Å². The van der Waals surface area contributed by atoms with Gasteiger partial charge in [-0.25, -0.2) is 8.42 Å². The molecule has 0 atom stereocenters. The van der Waals surface area contributed by atoms with E-state index in [-0.39, 0.29) is 17.3 Å². The quantitative estimate of drug-likeness (QED) is 0.871. The van der Waals surface area contributed by atoms with E-state index >= 15 is 0 Å². The maximum atomic E-state index is 12.7. The number of nitrogens with zero attached hydrogens (tertiary/aromatic N) is 1. The third-order valence-corrected chi connectivity index (χ3v) is 5.75. The van der Waals surface area contributed by atoms with Crippen LogP contribution in [0.5, 0.6) is 11.5 Å². The molecule has 126 valence electrons. The van der Waals surface area contributed by atoms with Crippen molar-refractivity contribution in [2.45, 2.75) is 23.8 Å². The molecule has 0 radical (unpaired) electrons. The molecule has 6 nitrogen and oxygen atoms in total. The van der Waals surface area contributed by atoms with Crippen molar-refractivity contribution in [2.75, 3.05) is 34.4 Å². The molecule has 8 heteroatoms. The first-order valence-corrected chi connectivity index (χ1v) is 8.36. The summed E-state index contributed by atoms with van der Waals surface area (Å²) in [5.74, 6) is 0.939. The molecule has 1 fully saturated rings. The Morgan fingerprint density at radius 2 is 1.73 bits per heavy atom. The summed E-state index contributed by atoms with van der Waals surface area (Å²) < 4.78 is 37.2. The van der Waals surface area contributed by atoms with Crippen LogP contribution in [0.2, 0.25) is 0 Å². The van der Waals surface area contributed by atoms with Crippen molar-refractivity contribution in [3.63, 3.8) is 0 Å². The van der Waals surface area contributed by atoms with Gasteiger partial charge in [-0.15, -0.1) is 12.4 Å². The number of rotatable bonds is 5. The SMILES string of the molecule is CNC1CCN(S(=O)(=O)c2ccc(OC)c(OC)c2)CC1.Cl. The van der Waals surface area contributed by atoms with Crippen LogP contribution < -0.4 is 14.8 Å². The zero-order valence-corrected chi connectivity index (χ0v) is 14.7. The van der Waals surface area contributed by atoms with Crippen LogP contribution in [0.15, 0.2) is 23.1 Å². The van der Waals surface area contributed by atoms with E-state index in [4.69, 9.17) is 9.47 Å². The van der Waals surface area contributed by atoms with Gasteiger partial charge in [-0.2, -0.15) is 4.31 Å². The third kappa shape index (κ3) is 3.84. The minimum atomic E-state index is -3.48. The highest BCUT2D eigenvalue weighted by atomic mass is 35.5. The standard InChI is InChI=1S/C14H22N2O4S.ClH/c1-15-11-6-8-16(9-7-11)21(17,18)12-4-5-13(19-2)14(10-12)20-3;/h4-5,10-11,15H,6-9H2,1-3H3;1H. The van der Waals surface area contributed by atoms with Crippen molar-refractivity contribution >= 4 is 22.4 Å². The fourth-order valence-electron chi connectivity index (χ4n) is 2.51. The molecule has 0 aromatic heterocycles. The average Bonchev–Trinajstić information content (AvgIpc) is 2.54. The fourth-order valence-corrected chi connectivity index (χ4v) is 4.00. The summed E-state index contributed by atoms with van der Waals surface area (Å²) in [4.78, 5) is 0.239. The summed E-state index contributed by atoms with van der Waals surface area (Å²) in [6, 6.07) is 5.08. The van der Waals surface area contributed by atoms with Crippen LogP contribution in [-0.4, -0.2) is 53.1 Å². The lowest BCUT2D eigenvalue weighted by atomic mass is 10.1. The van der Waals surface area contributed by atoms with Crippen molar-refractivity contribution in [3.8, 4) is 11.5 Å². The van der Waals surface area contributed by atoms with Gasteiger partial charge in [0.25, 0.3) is 0 Å². The monoisotopic (exact) mass is 350 g/mol. The smallest absolute Gasteiger partial charge is 0.243 e. The summed E-state index contributed by atoms with van der Waals surface area (Å²) in [5.41, 5.74) is 0. The molecular formula is C14H23ClN2O4S. The molecule has 1 heterocycles. The van der Waals surface area contributed by atoms with E-state index in [0.29, 0.717) is 30.6 Å². The van der Waals surface area contributed by atoms with Crippen molar-refractivity contribution in [2.24, 2.45) is 0 Å². The molecule has 0 amide bonds. The molecule has 1 aromatic rings. The predicted octanol–water partition coefficient (Wildman–Crippen LogP) is 1.50. The number of methoxy groups -OCH3 is 2. The Balaban J connectivity index is 0.00000242. The molecule has 2 rings (SSSR count). The Morgan fingerprint density at radius 3 is 2.23 bits per heavy atom. The minimum absolute atomic E-state index is 0. The van der Waals surface area contributed by atoms with Crippen LogP contribution in [0.25, 0.3) is 0 Å². The summed E-state index contributed by atoms with van der Waals surface area (Å²) in [7, 11) is 1.44. The number of sulfonamides is 1. The van der Waals surface area contributed by atoms with Crippen molar-refractivity contribution in [1.29, 1.82) is 0 Å². The Labute approximate surface area is 138 Å². The number of ether oxygens (including phenoxy) is 2. The predicted molar refractivity (Wildman–Crippen MR) is 87.6 cm³/mol. The summed E-state index contributed by atoms with van der Waals surface area (Å²) in [5, 5.41) is 3.19.